The van der Waals surface area contributed by atoms with Crippen molar-refractivity contribution in [2.45, 2.75) is 32.6 Å². The average Bonchev–Trinajstić information content (AvgIpc) is 3.31. The van der Waals surface area contributed by atoms with E-state index < -0.39 is 18.1 Å². The van der Waals surface area contributed by atoms with Crippen LogP contribution < -0.4 is 10.1 Å². The number of carbonyl (C=O) groups excluding carboxylic acids is 1. The minimum absolute atomic E-state index is 0.0692. The largest absolute Gasteiger partial charge is 0.434 e. The molecule has 3 aromatic heterocycles. The molecular formula is C21H19ClF2N6O3. The highest BCUT2D eigenvalue weighted by atomic mass is 35.5. The number of rotatable bonds is 7. The fourth-order valence-electron chi connectivity index (χ4n) is 3.25. The fraction of sp³-hybridized carbons (Fsp3) is 0.238. The summed E-state index contributed by atoms with van der Waals surface area (Å²) < 4.78 is 33.4. The van der Waals surface area contributed by atoms with Crippen LogP contribution in [-0.4, -0.2) is 47.6 Å². The molecule has 9 nitrogen and oxygen atoms in total. The topological polar surface area (TPSA) is 107 Å². The number of amides is 1. The molecule has 3 heterocycles. The lowest BCUT2D eigenvalue weighted by Crippen LogP contribution is -2.26. The zero-order valence-electron chi connectivity index (χ0n) is 17.5. The molecule has 0 spiro atoms. The van der Waals surface area contributed by atoms with Gasteiger partial charge in [-0.15, -0.1) is 0 Å². The van der Waals surface area contributed by atoms with Gasteiger partial charge in [0.15, 0.2) is 5.65 Å². The summed E-state index contributed by atoms with van der Waals surface area (Å²) in [5.74, 6) is -0.706. The molecule has 0 saturated carbocycles. The van der Waals surface area contributed by atoms with Gasteiger partial charge in [0.1, 0.15) is 17.0 Å². The lowest BCUT2D eigenvalue weighted by Gasteiger charge is -2.16. The summed E-state index contributed by atoms with van der Waals surface area (Å²) in [7, 11) is 0. The maximum Gasteiger partial charge on any atom is 0.387 e. The van der Waals surface area contributed by atoms with Crippen molar-refractivity contribution < 1.29 is 23.4 Å². The first-order chi connectivity index (χ1) is 15.6. The molecule has 1 amide bonds. The number of fused-ring (bicyclic) bond motifs is 1. The first-order valence-electron chi connectivity index (χ1n) is 9.75. The van der Waals surface area contributed by atoms with E-state index >= 15 is 0 Å². The number of hydrogen-bond donors (Lipinski definition) is 2. The Morgan fingerprint density at radius 2 is 2.15 bits per heavy atom. The Morgan fingerprint density at radius 3 is 2.88 bits per heavy atom. The lowest BCUT2D eigenvalue weighted by molar-refractivity contribution is -0.0494. The molecule has 4 aromatic rings. The number of ether oxygens (including phenoxy) is 1. The number of aromatic nitrogens is 5. The van der Waals surface area contributed by atoms with Crippen molar-refractivity contribution in [3.63, 3.8) is 0 Å². The van der Waals surface area contributed by atoms with Gasteiger partial charge in [0.2, 0.25) is 0 Å². The second kappa shape index (κ2) is 8.75. The zero-order valence-corrected chi connectivity index (χ0v) is 18.3. The molecule has 12 heteroatoms. The smallest absolute Gasteiger partial charge is 0.387 e. The number of benzene rings is 1. The lowest BCUT2D eigenvalue weighted by atomic mass is 10.1. The summed E-state index contributed by atoms with van der Waals surface area (Å²) >= 11 is 6.10. The summed E-state index contributed by atoms with van der Waals surface area (Å²) in [5, 5.41) is 21.7. The van der Waals surface area contributed by atoms with Crippen molar-refractivity contribution in [3.8, 4) is 17.0 Å². The van der Waals surface area contributed by atoms with Crippen LogP contribution in [-0.2, 0) is 6.54 Å². The molecule has 0 saturated heterocycles. The Hall–Kier alpha value is -3.57. The van der Waals surface area contributed by atoms with E-state index in [9.17, 15) is 18.7 Å². The van der Waals surface area contributed by atoms with Gasteiger partial charge in [-0.25, -0.2) is 9.50 Å². The van der Waals surface area contributed by atoms with Gasteiger partial charge < -0.3 is 15.2 Å². The van der Waals surface area contributed by atoms with Gasteiger partial charge in [0.05, 0.1) is 24.0 Å². The summed E-state index contributed by atoms with van der Waals surface area (Å²) in [5.41, 5.74) is -0.119. The van der Waals surface area contributed by atoms with E-state index in [1.54, 1.807) is 26.1 Å². The van der Waals surface area contributed by atoms with Gasteiger partial charge >= 0.3 is 6.61 Å². The SMILES string of the molecule is CC(C)(O)Cn1cc(NC(=O)c2cnn3cccnc23)c(-c2cc(Cl)ccc2OC(F)F)n1. The van der Waals surface area contributed by atoms with E-state index in [1.807, 2.05) is 0 Å². The third-order valence-corrected chi connectivity index (χ3v) is 4.73. The molecule has 0 bridgehead atoms. The van der Waals surface area contributed by atoms with E-state index in [-0.39, 0.29) is 39.8 Å². The van der Waals surface area contributed by atoms with Crippen molar-refractivity contribution in [3.05, 3.63) is 59.6 Å². The highest BCUT2D eigenvalue weighted by molar-refractivity contribution is 6.31. The number of hydrogen-bond acceptors (Lipinski definition) is 6. The van der Waals surface area contributed by atoms with E-state index in [1.165, 1.54) is 46.0 Å². The molecule has 4 rings (SSSR count). The quantitative estimate of drug-likeness (QED) is 0.419. The van der Waals surface area contributed by atoms with Crippen LogP contribution in [0.15, 0.2) is 49.1 Å². The Kier molecular flexibility index (Phi) is 6.00. The highest BCUT2D eigenvalue weighted by Gasteiger charge is 2.23. The van der Waals surface area contributed by atoms with Crippen LogP contribution >= 0.6 is 11.6 Å². The van der Waals surface area contributed by atoms with Gasteiger partial charge in [0, 0.05) is 29.2 Å². The fourth-order valence-corrected chi connectivity index (χ4v) is 3.42. The summed E-state index contributed by atoms with van der Waals surface area (Å²) in [4.78, 5) is 17.2. The van der Waals surface area contributed by atoms with Crippen molar-refractivity contribution in [1.29, 1.82) is 0 Å². The summed E-state index contributed by atoms with van der Waals surface area (Å²) in [6.07, 6.45) is 6.02. The number of aliphatic hydroxyl groups is 1. The van der Waals surface area contributed by atoms with E-state index in [0.717, 1.165) is 0 Å². The van der Waals surface area contributed by atoms with Gasteiger partial charge in [0.25, 0.3) is 5.91 Å². The summed E-state index contributed by atoms with van der Waals surface area (Å²) in [6, 6.07) is 5.77. The van der Waals surface area contributed by atoms with Gasteiger partial charge in [-0.1, -0.05) is 11.6 Å². The predicted molar refractivity (Wildman–Crippen MR) is 117 cm³/mol. The molecule has 0 unspecified atom stereocenters. The van der Waals surface area contributed by atoms with Crippen LogP contribution in [0.1, 0.15) is 24.2 Å². The molecule has 0 aliphatic heterocycles. The average molecular weight is 477 g/mol. The Morgan fingerprint density at radius 1 is 1.36 bits per heavy atom. The zero-order chi connectivity index (χ0) is 23.8. The molecule has 0 aliphatic carbocycles. The maximum absolute atomic E-state index is 13.0. The van der Waals surface area contributed by atoms with Gasteiger partial charge in [-0.05, 0) is 38.1 Å². The maximum atomic E-state index is 13.0. The summed E-state index contributed by atoms with van der Waals surface area (Å²) in [6.45, 7) is 0.162. The Bertz CT molecular complexity index is 1320. The van der Waals surface area contributed by atoms with Crippen molar-refractivity contribution >= 4 is 28.8 Å². The molecule has 0 fully saturated rings. The van der Waals surface area contributed by atoms with Crippen molar-refractivity contribution in [1.82, 2.24) is 24.4 Å². The molecule has 2 N–H and O–H groups in total. The molecule has 33 heavy (non-hydrogen) atoms. The van der Waals surface area contributed by atoms with E-state index in [4.69, 9.17) is 11.6 Å². The van der Waals surface area contributed by atoms with Crippen LogP contribution in [0, 0.1) is 0 Å². The van der Waals surface area contributed by atoms with Crippen LogP contribution in [0.3, 0.4) is 0 Å². The first kappa shape index (κ1) is 22.6. The second-order valence-corrected chi connectivity index (χ2v) is 8.26. The Balaban J connectivity index is 1.78. The number of anilines is 1. The minimum Gasteiger partial charge on any atom is -0.434 e. The van der Waals surface area contributed by atoms with Gasteiger partial charge in [-0.3, -0.25) is 9.48 Å². The Labute approximate surface area is 191 Å². The van der Waals surface area contributed by atoms with E-state index in [2.05, 4.69) is 25.2 Å². The van der Waals surface area contributed by atoms with Crippen LogP contribution in [0.4, 0.5) is 14.5 Å². The predicted octanol–water partition coefficient (Wildman–Crippen LogP) is 3.87. The molecule has 0 atom stereocenters. The van der Waals surface area contributed by atoms with Crippen LogP contribution in [0.5, 0.6) is 5.75 Å². The number of carbonyl (C=O) groups is 1. The van der Waals surface area contributed by atoms with Crippen molar-refractivity contribution in [2.24, 2.45) is 0 Å². The minimum atomic E-state index is -3.08. The molecule has 1 aromatic carbocycles. The third kappa shape index (κ3) is 5.10. The molecule has 172 valence electrons. The molecule has 0 aliphatic rings. The third-order valence-electron chi connectivity index (χ3n) is 4.50. The highest BCUT2D eigenvalue weighted by Crippen LogP contribution is 2.37. The number of halogens is 3. The monoisotopic (exact) mass is 476 g/mol. The molecule has 0 radical (unpaired) electrons. The number of nitrogens with one attached hydrogen (secondary N) is 1. The first-order valence-corrected chi connectivity index (χ1v) is 10.1. The normalized spacial score (nSPS) is 11.8. The number of nitrogens with zero attached hydrogens (tertiary/aromatic N) is 5. The van der Waals surface area contributed by atoms with Crippen molar-refractivity contribution in [2.75, 3.05) is 5.32 Å². The van der Waals surface area contributed by atoms with Crippen LogP contribution in [0.2, 0.25) is 5.02 Å². The van der Waals surface area contributed by atoms with Gasteiger partial charge in [-0.2, -0.15) is 19.0 Å². The van der Waals surface area contributed by atoms with Crippen LogP contribution in [0.25, 0.3) is 16.9 Å². The van der Waals surface area contributed by atoms with E-state index in [0.29, 0.717) is 5.65 Å². The second-order valence-electron chi connectivity index (χ2n) is 7.82. The number of alkyl halides is 2. The molecular weight excluding hydrogens is 458 g/mol. The standard InChI is InChI=1S/C21H19ClF2N6O3/c1-21(2,32)11-29-10-15(27-19(31)14-9-26-30-7-3-6-25-18(14)30)17(28-29)13-8-12(22)4-5-16(13)33-20(23)24/h3-10,20,32H,11H2,1-2H3,(H,27,31).